The lowest BCUT2D eigenvalue weighted by Crippen LogP contribution is -2.43. The third kappa shape index (κ3) is 4.83. The van der Waals surface area contributed by atoms with Gasteiger partial charge in [-0.25, -0.2) is 4.98 Å². The molecule has 1 unspecified atom stereocenters. The molecule has 1 atom stereocenters. The molecule has 1 aromatic carbocycles. The third-order valence-electron chi connectivity index (χ3n) is 4.67. The summed E-state index contributed by atoms with van der Waals surface area (Å²) >= 11 is 0. The predicted molar refractivity (Wildman–Crippen MR) is 105 cm³/mol. The van der Waals surface area contributed by atoms with Gasteiger partial charge in [0.15, 0.2) is 0 Å². The molecule has 0 amide bonds. The molecule has 0 saturated carbocycles. The molecule has 1 fully saturated rings. The second-order valence-corrected chi connectivity index (χ2v) is 7.06. The summed E-state index contributed by atoms with van der Waals surface area (Å²) in [4.78, 5) is 11.1. The molecule has 6 nitrogen and oxygen atoms in total. The Kier molecular flexibility index (Phi) is 5.93. The minimum atomic E-state index is -4.53. The molecule has 152 valence electrons. The zero-order chi connectivity index (χ0) is 20.3. The van der Waals surface area contributed by atoms with E-state index in [4.69, 9.17) is 11.5 Å². The summed E-state index contributed by atoms with van der Waals surface area (Å²) in [6, 6.07) is 5.70. The Morgan fingerprint density at radius 1 is 1.25 bits per heavy atom. The van der Waals surface area contributed by atoms with E-state index in [9.17, 15) is 13.2 Å². The standard InChI is InChI=1S/C19H25F3N6/c1-2-4-13-10-17(28-8-3-5-12(23)11-28)27-18(25-13)26-14-6-7-16(24)15(9-14)19(20,21)22/h6-7,9-10,12H,2-5,8,11,23-24H2,1H3,(H,25,26,27). The van der Waals surface area contributed by atoms with Crippen molar-refractivity contribution >= 4 is 23.1 Å². The summed E-state index contributed by atoms with van der Waals surface area (Å²) < 4.78 is 39.4. The number of hydrogen-bond acceptors (Lipinski definition) is 6. The van der Waals surface area contributed by atoms with Crippen LogP contribution in [0.2, 0.25) is 0 Å². The Balaban J connectivity index is 1.91. The van der Waals surface area contributed by atoms with Gasteiger partial charge in [0.2, 0.25) is 5.95 Å². The van der Waals surface area contributed by atoms with Crippen molar-refractivity contribution in [2.45, 2.75) is 44.8 Å². The Hall–Kier alpha value is -2.55. The second-order valence-electron chi connectivity index (χ2n) is 7.06. The monoisotopic (exact) mass is 394 g/mol. The molecule has 3 rings (SSSR count). The zero-order valence-electron chi connectivity index (χ0n) is 15.8. The molecule has 1 aliphatic heterocycles. The first-order chi connectivity index (χ1) is 13.3. The van der Waals surface area contributed by atoms with E-state index in [-0.39, 0.29) is 23.4 Å². The number of nitrogens with zero attached hydrogens (tertiary/aromatic N) is 3. The van der Waals surface area contributed by atoms with Crippen LogP contribution in [0, 0.1) is 0 Å². The van der Waals surface area contributed by atoms with Gasteiger partial charge < -0.3 is 21.7 Å². The van der Waals surface area contributed by atoms with Gasteiger partial charge in [-0.05, 0) is 37.5 Å². The van der Waals surface area contributed by atoms with Gasteiger partial charge in [0.05, 0.1) is 5.56 Å². The number of piperidine rings is 1. The molecule has 9 heteroatoms. The fourth-order valence-corrected chi connectivity index (χ4v) is 3.31. The lowest BCUT2D eigenvalue weighted by molar-refractivity contribution is -0.136. The maximum Gasteiger partial charge on any atom is 0.418 e. The number of hydrogen-bond donors (Lipinski definition) is 3. The molecule has 2 heterocycles. The highest BCUT2D eigenvalue weighted by atomic mass is 19.4. The Morgan fingerprint density at radius 2 is 2.04 bits per heavy atom. The molecule has 5 N–H and O–H groups in total. The molecular formula is C19H25F3N6. The first-order valence-corrected chi connectivity index (χ1v) is 9.38. The summed E-state index contributed by atoms with van der Waals surface area (Å²) in [6.45, 7) is 3.58. The van der Waals surface area contributed by atoms with E-state index in [0.29, 0.717) is 6.54 Å². The van der Waals surface area contributed by atoms with Crippen LogP contribution < -0.4 is 21.7 Å². The molecule has 0 spiro atoms. The van der Waals surface area contributed by atoms with E-state index >= 15 is 0 Å². The highest BCUT2D eigenvalue weighted by molar-refractivity contribution is 5.63. The average Bonchev–Trinajstić information content (AvgIpc) is 2.62. The summed E-state index contributed by atoms with van der Waals surface area (Å²) in [5, 5.41) is 2.90. The van der Waals surface area contributed by atoms with Gasteiger partial charge in [-0.15, -0.1) is 0 Å². The minimum Gasteiger partial charge on any atom is -0.398 e. The summed E-state index contributed by atoms with van der Waals surface area (Å²) in [5.74, 6) is 1.00. The molecule has 1 aliphatic rings. The van der Waals surface area contributed by atoms with Gasteiger partial charge in [-0.1, -0.05) is 13.3 Å². The van der Waals surface area contributed by atoms with Crippen LogP contribution in [-0.4, -0.2) is 29.1 Å². The molecule has 0 bridgehead atoms. The smallest absolute Gasteiger partial charge is 0.398 e. The molecule has 28 heavy (non-hydrogen) atoms. The normalized spacial score (nSPS) is 17.6. The number of alkyl halides is 3. The fraction of sp³-hybridized carbons (Fsp3) is 0.474. The topological polar surface area (TPSA) is 93.1 Å². The van der Waals surface area contributed by atoms with Crippen LogP contribution in [0.25, 0.3) is 0 Å². The number of aryl methyl sites for hydroxylation is 1. The number of halogens is 3. The number of nitrogens with two attached hydrogens (primary N) is 2. The third-order valence-corrected chi connectivity index (χ3v) is 4.67. The predicted octanol–water partition coefficient (Wildman–Crippen LogP) is 3.70. The van der Waals surface area contributed by atoms with E-state index < -0.39 is 11.7 Å². The largest absolute Gasteiger partial charge is 0.418 e. The van der Waals surface area contributed by atoms with Gasteiger partial charge in [0.1, 0.15) is 5.82 Å². The first-order valence-electron chi connectivity index (χ1n) is 9.38. The van der Waals surface area contributed by atoms with Crippen molar-refractivity contribution in [1.82, 2.24) is 9.97 Å². The lowest BCUT2D eigenvalue weighted by atomic mass is 10.1. The van der Waals surface area contributed by atoms with Crippen LogP contribution in [-0.2, 0) is 12.6 Å². The van der Waals surface area contributed by atoms with Gasteiger partial charge in [0.25, 0.3) is 0 Å². The van der Waals surface area contributed by atoms with Crippen molar-refractivity contribution in [3.63, 3.8) is 0 Å². The van der Waals surface area contributed by atoms with Crippen molar-refractivity contribution in [3.05, 3.63) is 35.5 Å². The number of nitrogen functional groups attached to an aromatic ring is 1. The molecule has 2 aromatic rings. The van der Waals surface area contributed by atoms with Crippen LogP contribution in [0.5, 0.6) is 0 Å². The summed E-state index contributed by atoms with van der Waals surface area (Å²) in [6.07, 6.45) is -0.930. The van der Waals surface area contributed by atoms with E-state index in [0.717, 1.165) is 49.8 Å². The highest BCUT2D eigenvalue weighted by Crippen LogP contribution is 2.35. The van der Waals surface area contributed by atoms with Crippen molar-refractivity contribution in [1.29, 1.82) is 0 Å². The minimum absolute atomic E-state index is 0.0844. The Bertz CT molecular complexity index is 824. The van der Waals surface area contributed by atoms with E-state index in [1.807, 2.05) is 13.0 Å². The van der Waals surface area contributed by atoms with Crippen LogP contribution >= 0.6 is 0 Å². The number of nitrogens with one attached hydrogen (secondary N) is 1. The van der Waals surface area contributed by atoms with Crippen molar-refractivity contribution in [2.24, 2.45) is 5.73 Å². The van der Waals surface area contributed by atoms with Gasteiger partial charge >= 0.3 is 6.18 Å². The quantitative estimate of drug-likeness (QED) is 0.670. The number of aromatic nitrogens is 2. The summed E-state index contributed by atoms with van der Waals surface area (Å²) in [7, 11) is 0. The van der Waals surface area contributed by atoms with Crippen LogP contribution in [0.15, 0.2) is 24.3 Å². The van der Waals surface area contributed by atoms with Crippen molar-refractivity contribution in [3.8, 4) is 0 Å². The first kappa shape index (κ1) is 20.2. The number of anilines is 4. The number of benzene rings is 1. The van der Waals surface area contributed by atoms with E-state index in [1.54, 1.807) is 0 Å². The Morgan fingerprint density at radius 3 is 2.71 bits per heavy atom. The summed E-state index contributed by atoms with van der Waals surface area (Å²) in [5.41, 5.74) is 11.4. The van der Waals surface area contributed by atoms with Gasteiger partial charge in [-0.3, -0.25) is 0 Å². The van der Waals surface area contributed by atoms with Crippen LogP contribution in [0.4, 0.5) is 36.3 Å². The van der Waals surface area contributed by atoms with E-state index in [1.165, 1.54) is 12.1 Å². The SMILES string of the molecule is CCCc1cc(N2CCCC(N)C2)nc(Nc2ccc(N)c(C(F)(F)F)c2)n1. The molecule has 1 saturated heterocycles. The van der Waals surface area contributed by atoms with Crippen molar-refractivity contribution < 1.29 is 13.2 Å². The molecule has 0 aliphatic carbocycles. The number of rotatable bonds is 5. The van der Waals surface area contributed by atoms with Crippen molar-refractivity contribution in [2.75, 3.05) is 29.0 Å². The maximum absolute atomic E-state index is 13.1. The zero-order valence-corrected chi connectivity index (χ0v) is 15.8. The average molecular weight is 394 g/mol. The van der Waals surface area contributed by atoms with Gasteiger partial charge in [-0.2, -0.15) is 18.2 Å². The lowest BCUT2D eigenvalue weighted by Gasteiger charge is -2.32. The maximum atomic E-state index is 13.1. The highest BCUT2D eigenvalue weighted by Gasteiger charge is 2.33. The molecular weight excluding hydrogens is 369 g/mol. The molecule has 0 radical (unpaired) electrons. The van der Waals surface area contributed by atoms with Crippen LogP contribution in [0.1, 0.15) is 37.4 Å². The molecule has 1 aromatic heterocycles. The van der Waals surface area contributed by atoms with Crippen LogP contribution in [0.3, 0.4) is 0 Å². The van der Waals surface area contributed by atoms with E-state index in [2.05, 4.69) is 20.2 Å². The van der Waals surface area contributed by atoms with Gasteiger partial charge in [0, 0.05) is 42.3 Å². The second kappa shape index (κ2) is 8.22. The Labute approximate surface area is 162 Å². The fourth-order valence-electron chi connectivity index (χ4n) is 3.31.